The van der Waals surface area contributed by atoms with E-state index in [2.05, 4.69) is 11.9 Å². The van der Waals surface area contributed by atoms with Gasteiger partial charge in [-0.25, -0.2) is 0 Å². The Morgan fingerprint density at radius 3 is 2.21 bits per heavy atom. The third-order valence-corrected chi connectivity index (χ3v) is 5.35. The summed E-state index contributed by atoms with van der Waals surface area (Å²) < 4.78 is 10.7. The molecule has 0 fully saturated rings. The van der Waals surface area contributed by atoms with E-state index in [9.17, 15) is 0 Å². The highest BCUT2D eigenvalue weighted by Crippen LogP contribution is 2.12. The first kappa shape index (κ1) is 14.1. The first-order valence-electron chi connectivity index (χ1n) is 5.10. The predicted octanol–water partition coefficient (Wildman–Crippen LogP) is 0.713. The van der Waals surface area contributed by atoms with Crippen molar-refractivity contribution in [2.75, 3.05) is 33.9 Å². The van der Waals surface area contributed by atoms with E-state index in [1.807, 2.05) is 0 Å². The summed E-state index contributed by atoms with van der Waals surface area (Å²) in [6, 6.07) is 1.01. The van der Waals surface area contributed by atoms with Crippen molar-refractivity contribution in [1.29, 1.82) is 0 Å². The summed E-state index contributed by atoms with van der Waals surface area (Å²) in [6.45, 7) is 4.18. The zero-order valence-electron chi connectivity index (χ0n) is 9.51. The summed E-state index contributed by atoms with van der Waals surface area (Å²) in [6.07, 6.45) is 1.89. The summed E-state index contributed by atoms with van der Waals surface area (Å²) in [7, 11) is 1.58. The zero-order valence-corrected chi connectivity index (χ0v) is 10.5. The summed E-state index contributed by atoms with van der Waals surface area (Å²) in [5.41, 5.74) is 0. The van der Waals surface area contributed by atoms with Gasteiger partial charge in [-0.2, -0.15) is 0 Å². The third kappa shape index (κ3) is 6.50. The lowest BCUT2D eigenvalue weighted by Crippen LogP contribution is -2.36. The van der Waals surface area contributed by atoms with Gasteiger partial charge in [0.15, 0.2) is 0 Å². The fourth-order valence-electron chi connectivity index (χ4n) is 1.15. The maximum absolute atomic E-state index is 8.56. The summed E-state index contributed by atoms with van der Waals surface area (Å²) >= 11 is 0. The number of aliphatic hydroxyl groups is 1. The highest BCUT2D eigenvalue weighted by molar-refractivity contribution is 6.65. The molecule has 0 saturated heterocycles. The maximum atomic E-state index is 8.56. The van der Waals surface area contributed by atoms with E-state index < -0.39 is 8.56 Å². The molecule has 0 saturated carbocycles. The molecule has 0 aliphatic heterocycles. The second-order valence-corrected chi connectivity index (χ2v) is 7.06. The Hall–Kier alpha value is 0.0569. The van der Waals surface area contributed by atoms with Gasteiger partial charge in [0.25, 0.3) is 0 Å². The van der Waals surface area contributed by atoms with E-state index in [-0.39, 0.29) is 6.61 Å². The topological polar surface area (TPSA) is 50.7 Å². The Morgan fingerprint density at radius 2 is 1.71 bits per heavy atom. The molecule has 2 N–H and O–H groups in total. The highest BCUT2D eigenvalue weighted by Gasteiger charge is 2.27. The van der Waals surface area contributed by atoms with E-state index in [4.69, 9.17) is 14.0 Å². The van der Waals surface area contributed by atoms with Crippen LogP contribution in [0.5, 0.6) is 0 Å². The molecule has 0 bridgehead atoms. The van der Waals surface area contributed by atoms with Crippen molar-refractivity contribution in [3.8, 4) is 0 Å². The van der Waals surface area contributed by atoms with E-state index in [1.165, 1.54) is 0 Å². The van der Waals surface area contributed by atoms with Crippen LogP contribution >= 0.6 is 0 Å². The van der Waals surface area contributed by atoms with Crippen LogP contribution < -0.4 is 5.32 Å². The van der Waals surface area contributed by atoms with Gasteiger partial charge in [-0.3, -0.25) is 0 Å². The molecule has 0 aliphatic rings. The van der Waals surface area contributed by atoms with Gasteiger partial charge >= 0.3 is 8.56 Å². The van der Waals surface area contributed by atoms with Gasteiger partial charge in [-0.05, 0) is 38.5 Å². The average Bonchev–Trinajstić information content (AvgIpc) is 2.23. The molecule has 4 nitrogen and oxygen atoms in total. The Balaban J connectivity index is 3.34. The minimum atomic E-state index is -1.86. The smallest absolute Gasteiger partial charge is 0.334 e. The van der Waals surface area contributed by atoms with Gasteiger partial charge in [-0.1, -0.05) is 0 Å². The molecule has 0 aliphatic carbocycles. The Morgan fingerprint density at radius 1 is 1.14 bits per heavy atom. The second-order valence-electron chi connectivity index (χ2n) is 3.47. The zero-order chi connectivity index (χ0) is 10.9. The molecule has 0 rings (SSSR count). The largest absolute Gasteiger partial charge is 0.398 e. The van der Waals surface area contributed by atoms with Crippen LogP contribution in [0.2, 0.25) is 12.6 Å². The Kier molecular flexibility index (Phi) is 8.41. The van der Waals surface area contributed by atoms with Crippen LogP contribution in [0.15, 0.2) is 0 Å². The first-order valence-corrected chi connectivity index (χ1v) is 7.63. The Labute approximate surface area is 87.9 Å². The number of aliphatic hydroxyl groups excluding tert-OH is 1. The van der Waals surface area contributed by atoms with Gasteiger partial charge in [0.05, 0.1) is 0 Å². The fourth-order valence-corrected chi connectivity index (χ4v) is 2.54. The fraction of sp³-hybridized carbons (Fsp3) is 1.00. The molecule has 0 aromatic carbocycles. The highest BCUT2D eigenvalue weighted by atomic mass is 28.4. The van der Waals surface area contributed by atoms with E-state index in [0.717, 1.165) is 32.0 Å². The molecular weight excluding hydrogens is 198 g/mol. The minimum Gasteiger partial charge on any atom is -0.398 e. The molecule has 5 heteroatoms. The maximum Gasteiger partial charge on any atom is 0.334 e. The second kappa shape index (κ2) is 8.37. The SMILES string of the molecule is CO[Si](C)(CCCNCCCO)OC. The number of rotatable bonds is 9. The van der Waals surface area contributed by atoms with Crippen molar-refractivity contribution in [2.24, 2.45) is 0 Å². The molecule has 0 radical (unpaired) electrons. The van der Waals surface area contributed by atoms with Crippen LogP contribution in [-0.4, -0.2) is 47.6 Å². The van der Waals surface area contributed by atoms with E-state index in [0.29, 0.717) is 0 Å². The molecule has 0 aromatic heterocycles. The number of hydrogen-bond acceptors (Lipinski definition) is 4. The molecule has 86 valence electrons. The predicted molar refractivity (Wildman–Crippen MR) is 59.6 cm³/mol. The normalized spacial score (nSPS) is 12.0. The van der Waals surface area contributed by atoms with Crippen LogP contribution in [-0.2, 0) is 8.85 Å². The molecule has 0 unspecified atom stereocenters. The summed E-state index contributed by atoms with van der Waals surface area (Å²) in [4.78, 5) is 0. The van der Waals surface area contributed by atoms with Crippen LogP contribution in [0, 0.1) is 0 Å². The van der Waals surface area contributed by atoms with Crippen LogP contribution in [0.1, 0.15) is 12.8 Å². The van der Waals surface area contributed by atoms with Crippen LogP contribution in [0.3, 0.4) is 0 Å². The molecule has 0 spiro atoms. The molecule has 0 heterocycles. The van der Waals surface area contributed by atoms with Gasteiger partial charge in [0.2, 0.25) is 0 Å². The molecule has 14 heavy (non-hydrogen) atoms. The lowest BCUT2D eigenvalue weighted by Gasteiger charge is -2.22. The van der Waals surface area contributed by atoms with E-state index in [1.54, 1.807) is 14.2 Å². The molecule has 0 atom stereocenters. The van der Waals surface area contributed by atoms with Crippen molar-refractivity contribution < 1.29 is 14.0 Å². The van der Waals surface area contributed by atoms with Gasteiger partial charge in [0.1, 0.15) is 0 Å². The monoisotopic (exact) mass is 221 g/mol. The Bertz CT molecular complexity index is 131. The van der Waals surface area contributed by atoms with Crippen LogP contribution in [0.4, 0.5) is 0 Å². The first-order chi connectivity index (χ1) is 6.68. The molecular formula is C9H23NO3Si. The lowest BCUT2D eigenvalue weighted by atomic mass is 10.4. The van der Waals surface area contributed by atoms with Crippen molar-refractivity contribution in [2.45, 2.75) is 25.4 Å². The molecule has 0 amide bonds. The number of nitrogens with one attached hydrogen (secondary N) is 1. The van der Waals surface area contributed by atoms with Crippen molar-refractivity contribution >= 4 is 8.56 Å². The minimum absolute atomic E-state index is 0.260. The summed E-state index contributed by atoms with van der Waals surface area (Å²) in [5.74, 6) is 0. The quantitative estimate of drug-likeness (QED) is 0.445. The summed E-state index contributed by atoms with van der Waals surface area (Å²) in [5, 5.41) is 11.8. The van der Waals surface area contributed by atoms with E-state index >= 15 is 0 Å². The number of hydrogen-bond donors (Lipinski definition) is 2. The molecule has 0 aromatic rings. The van der Waals surface area contributed by atoms with Crippen molar-refractivity contribution in [3.05, 3.63) is 0 Å². The van der Waals surface area contributed by atoms with Crippen molar-refractivity contribution in [3.63, 3.8) is 0 Å². The third-order valence-electron chi connectivity index (χ3n) is 2.36. The van der Waals surface area contributed by atoms with Crippen LogP contribution in [0.25, 0.3) is 0 Å². The van der Waals surface area contributed by atoms with Crippen molar-refractivity contribution in [1.82, 2.24) is 5.32 Å². The van der Waals surface area contributed by atoms with Gasteiger partial charge in [0, 0.05) is 20.8 Å². The standard InChI is InChI=1S/C9H23NO3Si/c1-12-14(3,13-2)9-5-7-10-6-4-8-11/h10-11H,4-9H2,1-3H3. The lowest BCUT2D eigenvalue weighted by molar-refractivity contribution is 0.248. The van der Waals surface area contributed by atoms with Gasteiger partial charge < -0.3 is 19.3 Å². The van der Waals surface area contributed by atoms with Gasteiger partial charge in [-0.15, -0.1) is 0 Å². The average molecular weight is 221 g/mol.